The number of nitrogens with one attached hydrogen (secondary N) is 1. The molecule has 0 aliphatic rings. The van der Waals surface area contributed by atoms with E-state index in [0.717, 1.165) is 5.56 Å². The third-order valence-corrected chi connectivity index (χ3v) is 3.55. The molecular formula is C17H12N6O4. The Morgan fingerprint density at radius 2 is 1.33 bits per heavy atom. The molecule has 0 spiro atoms. The molecule has 0 bridgehead atoms. The third kappa shape index (κ3) is 4.45. The summed E-state index contributed by atoms with van der Waals surface area (Å²) in [5.74, 6) is 0.263. The normalized spacial score (nSPS) is 10.7. The van der Waals surface area contributed by atoms with Crippen molar-refractivity contribution >= 4 is 23.5 Å². The zero-order chi connectivity index (χ0) is 19.2. The van der Waals surface area contributed by atoms with Crippen LogP contribution >= 0.6 is 0 Å². The van der Waals surface area contributed by atoms with Crippen molar-refractivity contribution in [1.29, 1.82) is 0 Å². The van der Waals surface area contributed by atoms with E-state index in [4.69, 9.17) is 0 Å². The van der Waals surface area contributed by atoms with E-state index in [1.54, 1.807) is 36.7 Å². The maximum absolute atomic E-state index is 10.7. The summed E-state index contributed by atoms with van der Waals surface area (Å²) >= 11 is 0. The minimum atomic E-state index is -0.473. The molecule has 0 atom stereocenters. The Hall–Kier alpha value is -4.21. The Labute approximate surface area is 152 Å². The highest BCUT2D eigenvalue weighted by Crippen LogP contribution is 2.21. The Morgan fingerprint density at radius 3 is 1.85 bits per heavy atom. The first-order valence-corrected chi connectivity index (χ1v) is 7.63. The van der Waals surface area contributed by atoms with Crippen molar-refractivity contribution in [2.45, 2.75) is 0 Å². The zero-order valence-electron chi connectivity index (χ0n) is 13.7. The van der Waals surface area contributed by atoms with Gasteiger partial charge in [0.15, 0.2) is 0 Å². The van der Waals surface area contributed by atoms with Gasteiger partial charge < -0.3 is 0 Å². The van der Waals surface area contributed by atoms with Crippen molar-refractivity contribution in [3.8, 4) is 11.1 Å². The molecule has 0 unspecified atom stereocenters. The molecule has 1 N–H and O–H groups in total. The summed E-state index contributed by atoms with van der Waals surface area (Å²) in [7, 11) is 0. The molecule has 134 valence electrons. The molecule has 2 aromatic carbocycles. The molecule has 0 fully saturated rings. The van der Waals surface area contributed by atoms with E-state index >= 15 is 0 Å². The van der Waals surface area contributed by atoms with Gasteiger partial charge in [-0.3, -0.25) is 20.2 Å². The maximum atomic E-state index is 10.7. The van der Waals surface area contributed by atoms with Gasteiger partial charge in [-0.15, -0.1) is 0 Å². The van der Waals surface area contributed by atoms with Crippen molar-refractivity contribution in [3.63, 3.8) is 0 Å². The van der Waals surface area contributed by atoms with Crippen LogP contribution in [0.25, 0.3) is 11.1 Å². The molecule has 0 radical (unpaired) electrons. The number of benzene rings is 2. The summed E-state index contributed by atoms with van der Waals surface area (Å²) in [5.41, 5.74) is 4.81. The summed E-state index contributed by atoms with van der Waals surface area (Å²) in [4.78, 5) is 28.6. The van der Waals surface area contributed by atoms with Crippen LogP contribution in [0.2, 0.25) is 0 Å². The number of hydrogen-bond acceptors (Lipinski definition) is 8. The Bertz CT molecular complexity index is 985. The summed E-state index contributed by atoms with van der Waals surface area (Å²) in [5, 5.41) is 25.2. The van der Waals surface area contributed by atoms with Gasteiger partial charge in [-0.05, 0) is 35.4 Å². The molecule has 1 heterocycles. The van der Waals surface area contributed by atoms with Crippen LogP contribution in [0.15, 0.2) is 66.0 Å². The monoisotopic (exact) mass is 364 g/mol. The number of anilines is 1. The molecule has 3 rings (SSSR count). The van der Waals surface area contributed by atoms with Crippen molar-refractivity contribution in [2.24, 2.45) is 5.10 Å². The number of nitro benzene ring substituents is 2. The van der Waals surface area contributed by atoms with Gasteiger partial charge in [-0.2, -0.15) is 5.10 Å². The summed E-state index contributed by atoms with van der Waals surface area (Å²) in [6.07, 6.45) is 4.62. The van der Waals surface area contributed by atoms with Crippen LogP contribution in [0, 0.1) is 20.2 Å². The SMILES string of the molecule is O=[N+]([O-])c1ccc(/C=N/Nc2ncc(-c3ccc([N+](=O)[O-])cc3)cn2)cc1. The smallest absolute Gasteiger partial charge is 0.258 e. The molecular weight excluding hydrogens is 352 g/mol. The first kappa shape index (κ1) is 17.6. The van der Waals surface area contributed by atoms with Crippen molar-refractivity contribution in [1.82, 2.24) is 9.97 Å². The van der Waals surface area contributed by atoms with E-state index in [1.807, 2.05) is 0 Å². The lowest BCUT2D eigenvalue weighted by atomic mass is 10.1. The Balaban J connectivity index is 1.63. The number of rotatable bonds is 6. The number of nitrogens with zero attached hydrogens (tertiary/aromatic N) is 5. The van der Waals surface area contributed by atoms with Crippen molar-refractivity contribution < 1.29 is 9.85 Å². The number of nitro groups is 2. The lowest BCUT2D eigenvalue weighted by Gasteiger charge is -2.02. The molecule has 3 aromatic rings. The lowest BCUT2D eigenvalue weighted by molar-refractivity contribution is -0.385. The van der Waals surface area contributed by atoms with Crippen LogP contribution < -0.4 is 5.43 Å². The number of hydrogen-bond donors (Lipinski definition) is 1. The predicted molar refractivity (Wildman–Crippen MR) is 98.4 cm³/mol. The molecule has 10 nitrogen and oxygen atoms in total. The van der Waals surface area contributed by atoms with Crippen LogP contribution in [0.4, 0.5) is 17.3 Å². The molecule has 0 saturated carbocycles. The molecule has 0 saturated heterocycles. The molecule has 0 aliphatic heterocycles. The Kier molecular flexibility index (Phi) is 5.07. The van der Waals surface area contributed by atoms with E-state index in [0.29, 0.717) is 11.1 Å². The summed E-state index contributed by atoms with van der Waals surface area (Å²) < 4.78 is 0. The topological polar surface area (TPSA) is 136 Å². The van der Waals surface area contributed by atoms with E-state index in [-0.39, 0.29) is 17.3 Å². The number of aromatic nitrogens is 2. The second-order valence-corrected chi connectivity index (χ2v) is 5.32. The minimum absolute atomic E-state index is 0.00488. The highest BCUT2D eigenvalue weighted by molar-refractivity contribution is 5.80. The maximum Gasteiger partial charge on any atom is 0.269 e. The van der Waals surface area contributed by atoms with E-state index < -0.39 is 9.85 Å². The largest absolute Gasteiger partial charge is 0.269 e. The second-order valence-electron chi connectivity index (χ2n) is 5.32. The fraction of sp³-hybridized carbons (Fsp3) is 0. The van der Waals surface area contributed by atoms with Gasteiger partial charge in [0.1, 0.15) is 0 Å². The van der Waals surface area contributed by atoms with E-state index in [1.165, 1.54) is 30.5 Å². The van der Waals surface area contributed by atoms with Crippen LogP contribution in [-0.4, -0.2) is 26.0 Å². The standard InChI is InChI=1S/C17H12N6O4/c24-22(25)15-5-1-12(2-6-15)9-20-21-17-18-10-14(11-19-17)13-3-7-16(8-4-13)23(26)27/h1-11H,(H,18,19,21)/b20-9+. The van der Waals surface area contributed by atoms with Crippen LogP contribution in [0.1, 0.15) is 5.56 Å². The molecule has 0 amide bonds. The predicted octanol–water partition coefficient (Wildman–Crippen LogP) is 3.41. The quantitative estimate of drug-likeness (QED) is 0.402. The van der Waals surface area contributed by atoms with Gasteiger partial charge in [0.25, 0.3) is 11.4 Å². The molecule has 10 heteroatoms. The van der Waals surface area contributed by atoms with Crippen LogP contribution in [0.3, 0.4) is 0 Å². The van der Waals surface area contributed by atoms with Gasteiger partial charge in [0.2, 0.25) is 5.95 Å². The second kappa shape index (κ2) is 7.78. The molecule has 0 aliphatic carbocycles. The highest BCUT2D eigenvalue weighted by Gasteiger charge is 2.06. The van der Waals surface area contributed by atoms with E-state index in [2.05, 4.69) is 20.5 Å². The lowest BCUT2D eigenvalue weighted by Crippen LogP contribution is -1.97. The summed E-state index contributed by atoms with van der Waals surface area (Å²) in [6, 6.07) is 12.0. The first-order valence-electron chi connectivity index (χ1n) is 7.63. The van der Waals surface area contributed by atoms with E-state index in [9.17, 15) is 20.2 Å². The van der Waals surface area contributed by atoms with Gasteiger partial charge in [0.05, 0.1) is 16.1 Å². The highest BCUT2D eigenvalue weighted by atomic mass is 16.6. The minimum Gasteiger partial charge on any atom is -0.258 e. The molecule has 27 heavy (non-hydrogen) atoms. The Morgan fingerprint density at radius 1 is 0.815 bits per heavy atom. The number of non-ortho nitro benzene ring substituents is 2. The van der Waals surface area contributed by atoms with Gasteiger partial charge in [-0.1, -0.05) is 0 Å². The summed E-state index contributed by atoms with van der Waals surface area (Å²) in [6.45, 7) is 0. The van der Waals surface area contributed by atoms with Crippen LogP contribution in [-0.2, 0) is 0 Å². The van der Waals surface area contributed by atoms with Gasteiger partial charge >= 0.3 is 0 Å². The van der Waals surface area contributed by atoms with Crippen molar-refractivity contribution in [2.75, 3.05) is 5.43 Å². The van der Waals surface area contributed by atoms with Crippen molar-refractivity contribution in [3.05, 3.63) is 86.7 Å². The third-order valence-electron chi connectivity index (χ3n) is 3.55. The zero-order valence-corrected chi connectivity index (χ0v) is 13.7. The first-order chi connectivity index (χ1) is 13.0. The van der Waals surface area contributed by atoms with Gasteiger partial charge in [0, 0.05) is 42.2 Å². The van der Waals surface area contributed by atoms with Crippen LogP contribution in [0.5, 0.6) is 0 Å². The average molecular weight is 364 g/mol. The number of hydrazone groups is 1. The average Bonchev–Trinajstić information content (AvgIpc) is 2.69. The fourth-order valence-corrected chi connectivity index (χ4v) is 2.16. The fourth-order valence-electron chi connectivity index (χ4n) is 2.16. The van der Waals surface area contributed by atoms with Gasteiger partial charge in [-0.25, -0.2) is 15.4 Å². The molecule has 1 aromatic heterocycles.